The molecule has 2 heterocycles. The molecule has 2 aromatic rings. The van der Waals surface area contributed by atoms with Gasteiger partial charge in [0.25, 0.3) is 0 Å². The summed E-state index contributed by atoms with van der Waals surface area (Å²) in [4.78, 5) is 22.8. The highest BCUT2D eigenvalue weighted by atomic mass is 16.5. The number of carbonyl (C=O) groups is 1. The zero-order chi connectivity index (χ0) is 15.2. The van der Waals surface area contributed by atoms with Crippen LogP contribution in [0, 0.1) is 6.92 Å². The predicted octanol–water partition coefficient (Wildman–Crippen LogP) is 1.89. The minimum atomic E-state index is -1.04. The molecule has 0 bridgehead atoms. The van der Waals surface area contributed by atoms with E-state index >= 15 is 0 Å². The van der Waals surface area contributed by atoms with Crippen LogP contribution in [0.1, 0.15) is 28.5 Å². The molecule has 0 amide bonds. The van der Waals surface area contributed by atoms with Gasteiger partial charge in [-0.1, -0.05) is 6.07 Å². The van der Waals surface area contributed by atoms with Crippen molar-refractivity contribution in [3.63, 3.8) is 0 Å². The number of nitrogens with zero attached hydrogens (tertiary/aromatic N) is 3. The summed E-state index contributed by atoms with van der Waals surface area (Å²) in [6.07, 6.45) is 2.96. The van der Waals surface area contributed by atoms with Gasteiger partial charge in [0.05, 0.1) is 12.2 Å². The standard InChI is InChI=1S/C14H16N4O3/c1-3-21-13-9(2)12(17-8-18-13)16-7-10-4-5-11(14(19)20)15-6-10/h4-6,8H,3,7H2,1-2H3,(H,19,20)(H,16,17,18). The maximum absolute atomic E-state index is 10.7. The number of nitrogens with one attached hydrogen (secondary N) is 1. The van der Waals surface area contributed by atoms with E-state index in [0.717, 1.165) is 11.1 Å². The monoisotopic (exact) mass is 288 g/mol. The Hall–Kier alpha value is -2.70. The van der Waals surface area contributed by atoms with E-state index in [9.17, 15) is 4.79 Å². The van der Waals surface area contributed by atoms with Gasteiger partial charge in [-0.05, 0) is 25.5 Å². The summed E-state index contributed by atoms with van der Waals surface area (Å²) >= 11 is 0. The molecule has 0 aliphatic carbocycles. The molecular formula is C14H16N4O3. The summed E-state index contributed by atoms with van der Waals surface area (Å²) < 4.78 is 5.40. The lowest BCUT2D eigenvalue weighted by Crippen LogP contribution is -2.07. The molecular weight excluding hydrogens is 272 g/mol. The summed E-state index contributed by atoms with van der Waals surface area (Å²) in [5, 5.41) is 12.0. The second-order valence-electron chi connectivity index (χ2n) is 4.30. The van der Waals surface area contributed by atoms with Crippen molar-refractivity contribution in [1.29, 1.82) is 0 Å². The number of aromatic nitrogens is 3. The highest BCUT2D eigenvalue weighted by Gasteiger charge is 2.08. The number of hydrogen-bond acceptors (Lipinski definition) is 6. The molecule has 0 saturated heterocycles. The van der Waals surface area contributed by atoms with Crippen molar-refractivity contribution in [3.8, 4) is 5.88 Å². The molecule has 7 heteroatoms. The molecule has 0 unspecified atom stereocenters. The molecule has 7 nitrogen and oxygen atoms in total. The minimum Gasteiger partial charge on any atom is -0.478 e. The van der Waals surface area contributed by atoms with E-state index in [0.29, 0.717) is 24.8 Å². The van der Waals surface area contributed by atoms with Gasteiger partial charge in [0, 0.05) is 12.7 Å². The van der Waals surface area contributed by atoms with Crippen LogP contribution in [0.2, 0.25) is 0 Å². The number of rotatable bonds is 6. The average Bonchev–Trinajstić information content (AvgIpc) is 2.49. The lowest BCUT2D eigenvalue weighted by molar-refractivity contribution is 0.0690. The van der Waals surface area contributed by atoms with Crippen molar-refractivity contribution in [3.05, 3.63) is 41.5 Å². The summed E-state index contributed by atoms with van der Waals surface area (Å²) in [6, 6.07) is 3.18. The second-order valence-corrected chi connectivity index (χ2v) is 4.30. The number of anilines is 1. The maximum Gasteiger partial charge on any atom is 0.354 e. The van der Waals surface area contributed by atoms with Gasteiger partial charge in [-0.2, -0.15) is 0 Å². The number of carboxylic acid groups (broad SMARTS) is 1. The molecule has 21 heavy (non-hydrogen) atoms. The smallest absolute Gasteiger partial charge is 0.354 e. The highest BCUT2D eigenvalue weighted by Crippen LogP contribution is 2.20. The molecule has 2 rings (SSSR count). The van der Waals surface area contributed by atoms with Crippen molar-refractivity contribution in [2.45, 2.75) is 20.4 Å². The molecule has 0 spiro atoms. The van der Waals surface area contributed by atoms with Crippen LogP contribution in [-0.2, 0) is 6.54 Å². The fourth-order valence-electron chi connectivity index (χ4n) is 1.74. The first-order valence-electron chi connectivity index (χ1n) is 6.48. The number of pyridine rings is 1. The molecule has 110 valence electrons. The number of ether oxygens (including phenoxy) is 1. The van der Waals surface area contributed by atoms with Gasteiger partial charge in [0.15, 0.2) is 0 Å². The van der Waals surface area contributed by atoms with Crippen LogP contribution >= 0.6 is 0 Å². The molecule has 0 saturated carbocycles. The lowest BCUT2D eigenvalue weighted by Gasteiger charge is -2.11. The number of carboxylic acids is 1. The summed E-state index contributed by atoms with van der Waals surface area (Å²) in [5.41, 5.74) is 1.71. The van der Waals surface area contributed by atoms with E-state index in [-0.39, 0.29) is 5.69 Å². The zero-order valence-corrected chi connectivity index (χ0v) is 11.8. The predicted molar refractivity (Wildman–Crippen MR) is 76.5 cm³/mol. The van der Waals surface area contributed by atoms with E-state index in [2.05, 4.69) is 20.3 Å². The fraction of sp³-hybridized carbons (Fsp3) is 0.286. The third-order valence-corrected chi connectivity index (χ3v) is 2.82. The lowest BCUT2D eigenvalue weighted by atomic mass is 10.2. The first kappa shape index (κ1) is 14.7. The van der Waals surface area contributed by atoms with Gasteiger partial charge in [0.1, 0.15) is 17.8 Å². The topological polar surface area (TPSA) is 97.2 Å². The summed E-state index contributed by atoms with van der Waals surface area (Å²) in [5.74, 6) is 0.188. The third-order valence-electron chi connectivity index (χ3n) is 2.82. The minimum absolute atomic E-state index is 0.0237. The summed E-state index contributed by atoms with van der Waals surface area (Å²) in [6.45, 7) is 4.79. The maximum atomic E-state index is 10.7. The van der Waals surface area contributed by atoms with Crippen LogP contribution in [0.15, 0.2) is 24.7 Å². The van der Waals surface area contributed by atoms with E-state index in [4.69, 9.17) is 9.84 Å². The molecule has 0 aliphatic rings. The van der Waals surface area contributed by atoms with Crippen LogP contribution in [-0.4, -0.2) is 32.6 Å². The van der Waals surface area contributed by atoms with Gasteiger partial charge >= 0.3 is 5.97 Å². The Morgan fingerprint density at radius 1 is 1.33 bits per heavy atom. The van der Waals surface area contributed by atoms with E-state index < -0.39 is 5.97 Å². The Morgan fingerprint density at radius 2 is 2.14 bits per heavy atom. The molecule has 0 aromatic carbocycles. The molecule has 0 radical (unpaired) electrons. The van der Waals surface area contributed by atoms with Gasteiger partial charge in [0.2, 0.25) is 5.88 Å². The van der Waals surface area contributed by atoms with E-state index in [1.807, 2.05) is 13.8 Å². The molecule has 2 N–H and O–H groups in total. The highest BCUT2D eigenvalue weighted by molar-refractivity contribution is 5.85. The SMILES string of the molecule is CCOc1ncnc(NCc2ccc(C(=O)O)nc2)c1C. The molecule has 0 atom stereocenters. The van der Waals surface area contributed by atoms with Gasteiger partial charge in [-0.25, -0.2) is 19.7 Å². The average molecular weight is 288 g/mol. The first-order chi connectivity index (χ1) is 10.1. The Balaban J connectivity index is 2.06. The third kappa shape index (κ3) is 3.65. The Labute approximate surface area is 122 Å². The van der Waals surface area contributed by atoms with Crippen molar-refractivity contribution in [2.75, 3.05) is 11.9 Å². The van der Waals surface area contributed by atoms with Crippen molar-refractivity contribution in [1.82, 2.24) is 15.0 Å². The second kappa shape index (κ2) is 6.65. The fourth-order valence-corrected chi connectivity index (χ4v) is 1.74. The normalized spacial score (nSPS) is 10.2. The zero-order valence-electron chi connectivity index (χ0n) is 11.8. The van der Waals surface area contributed by atoms with Crippen LogP contribution in [0.3, 0.4) is 0 Å². The van der Waals surface area contributed by atoms with E-state index in [1.54, 1.807) is 6.07 Å². The number of aromatic carboxylic acids is 1. The first-order valence-corrected chi connectivity index (χ1v) is 6.48. The van der Waals surface area contributed by atoms with Gasteiger partial charge in [-0.3, -0.25) is 0 Å². The molecule has 2 aromatic heterocycles. The van der Waals surface area contributed by atoms with Crippen LogP contribution in [0.4, 0.5) is 5.82 Å². The van der Waals surface area contributed by atoms with Crippen LogP contribution < -0.4 is 10.1 Å². The Morgan fingerprint density at radius 3 is 2.76 bits per heavy atom. The molecule has 0 fully saturated rings. The van der Waals surface area contributed by atoms with Crippen molar-refractivity contribution < 1.29 is 14.6 Å². The van der Waals surface area contributed by atoms with Crippen molar-refractivity contribution in [2.24, 2.45) is 0 Å². The van der Waals surface area contributed by atoms with Gasteiger partial charge < -0.3 is 15.2 Å². The van der Waals surface area contributed by atoms with Crippen LogP contribution in [0.5, 0.6) is 5.88 Å². The number of hydrogen-bond donors (Lipinski definition) is 2. The quantitative estimate of drug-likeness (QED) is 0.837. The van der Waals surface area contributed by atoms with Crippen molar-refractivity contribution >= 4 is 11.8 Å². The largest absolute Gasteiger partial charge is 0.478 e. The Bertz CT molecular complexity index is 629. The summed E-state index contributed by atoms with van der Waals surface area (Å²) in [7, 11) is 0. The molecule has 0 aliphatic heterocycles. The van der Waals surface area contributed by atoms with Crippen LogP contribution in [0.25, 0.3) is 0 Å². The Kier molecular flexibility index (Phi) is 4.65. The van der Waals surface area contributed by atoms with Gasteiger partial charge in [-0.15, -0.1) is 0 Å². The van der Waals surface area contributed by atoms with E-state index in [1.165, 1.54) is 18.6 Å².